The molecule has 0 aliphatic heterocycles. The zero-order valence-electron chi connectivity index (χ0n) is 11.6. The van der Waals surface area contributed by atoms with Crippen molar-refractivity contribution in [3.8, 4) is 22.8 Å². The molecule has 0 saturated heterocycles. The average molecular weight is 389 g/mol. The Labute approximate surface area is 143 Å². The summed E-state index contributed by atoms with van der Waals surface area (Å²) in [7, 11) is 0. The number of benzene rings is 1. The third kappa shape index (κ3) is 2.92. The van der Waals surface area contributed by atoms with E-state index in [0.717, 1.165) is 15.6 Å². The van der Waals surface area contributed by atoms with Crippen LogP contribution in [0.15, 0.2) is 50.1 Å². The first-order valence-electron chi connectivity index (χ1n) is 6.67. The second-order valence-corrected chi connectivity index (χ2v) is 6.28. The predicted octanol–water partition coefficient (Wildman–Crippen LogP) is 3.26. The topological polar surface area (TPSA) is 82.5 Å². The van der Waals surface area contributed by atoms with Gasteiger partial charge in [-0.05, 0) is 28.8 Å². The molecule has 3 heterocycles. The van der Waals surface area contributed by atoms with Gasteiger partial charge in [-0.1, -0.05) is 33.2 Å². The van der Waals surface area contributed by atoms with Gasteiger partial charge in [0.25, 0.3) is 5.89 Å². The van der Waals surface area contributed by atoms with E-state index >= 15 is 0 Å². The maximum absolute atomic E-state index is 5.24. The van der Waals surface area contributed by atoms with Crippen LogP contribution in [0.5, 0.6) is 0 Å². The Kier molecular flexibility index (Phi) is 3.72. The normalized spacial score (nSPS) is 11.0. The number of thiophene rings is 1. The summed E-state index contributed by atoms with van der Waals surface area (Å²) in [5, 5.41) is 20.3. The highest BCUT2D eigenvalue weighted by atomic mass is 79.9. The van der Waals surface area contributed by atoms with E-state index < -0.39 is 0 Å². The van der Waals surface area contributed by atoms with E-state index in [4.69, 9.17) is 4.52 Å². The second-order valence-electron chi connectivity index (χ2n) is 4.65. The molecule has 0 bridgehead atoms. The summed E-state index contributed by atoms with van der Waals surface area (Å²) in [4.78, 5) is 5.77. The molecule has 0 amide bonds. The monoisotopic (exact) mass is 388 g/mol. The fourth-order valence-electron chi connectivity index (χ4n) is 2.01. The van der Waals surface area contributed by atoms with Gasteiger partial charge in [0.05, 0.1) is 0 Å². The molecule has 7 nitrogen and oxygen atoms in total. The van der Waals surface area contributed by atoms with E-state index in [1.165, 1.54) is 4.80 Å². The Morgan fingerprint density at radius 2 is 2.09 bits per heavy atom. The maximum Gasteiger partial charge on any atom is 0.250 e. The molecule has 23 heavy (non-hydrogen) atoms. The van der Waals surface area contributed by atoms with Crippen molar-refractivity contribution in [3.05, 3.63) is 51.5 Å². The van der Waals surface area contributed by atoms with Crippen LogP contribution in [0.25, 0.3) is 22.8 Å². The van der Waals surface area contributed by atoms with Crippen molar-refractivity contribution in [2.75, 3.05) is 0 Å². The molecule has 0 radical (unpaired) electrons. The van der Waals surface area contributed by atoms with Gasteiger partial charge in [-0.3, -0.25) is 0 Å². The zero-order chi connectivity index (χ0) is 15.6. The minimum atomic E-state index is 0.272. The van der Waals surface area contributed by atoms with E-state index in [1.54, 1.807) is 11.3 Å². The first-order chi connectivity index (χ1) is 11.3. The molecule has 9 heteroatoms. The molecule has 0 atom stereocenters. The number of rotatable bonds is 4. The van der Waals surface area contributed by atoms with Gasteiger partial charge in [0.15, 0.2) is 0 Å². The summed E-state index contributed by atoms with van der Waals surface area (Å²) >= 11 is 5.06. The maximum atomic E-state index is 5.24. The van der Waals surface area contributed by atoms with E-state index in [1.807, 2.05) is 41.1 Å². The third-order valence-corrected chi connectivity index (χ3v) is 4.47. The van der Waals surface area contributed by atoms with Crippen molar-refractivity contribution < 1.29 is 4.52 Å². The first-order valence-corrected chi connectivity index (χ1v) is 8.41. The molecule has 0 unspecified atom stereocenters. The van der Waals surface area contributed by atoms with Crippen molar-refractivity contribution in [1.29, 1.82) is 0 Å². The van der Waals surface area contributed by atoms with Gasteiger partial charge in [0, 0.05) is 21.0 Å². The van der Waals surface area contributed by atoms with Crippen molar-refractivity contribution in [3.63, 3.8) is 0 Å². The number of aromatic nitrogens is 6. The predicted molar refractivity (Wildman–Crippen MR) is 87.7 cm³/mol. The Morgan fingerprint density at radius 3 is 2.91 bits per heavy atom. The minimum absolute atomic E-state index is 0.272. The molecule has 0 saturated carbocycles. The number of halogens is 1. The van der Waals surface area contributed by atoms with Gasteiger partial charge in [-0.25, -0.2) is 0 Å². The van der Waals surface area contributed by atoms with Gasteiger partial charge in [-0.15, -0.1) is 10.2 Å². The van der Waals surface area contributed by atoms with E-state index in [-0.39, 0.29) is 6.54 Å². The molecular formula is C14H9BrN6OS. The van der Waals surface area contributed by atoms with Crippen LogP contribution in [-0.2, 0) is 6.54 Å². The summed E-state index contributed by atoms with van der Waals surface area (Å²) in [5.74, 6) is 1.53. The van der Waals surface area contributed by atoms with Crippen LogP contribution in [-0.4, -0.2) is 30.3 Å². The van der Waals surface area contributed by atoms with Crippen LogP contribution in [0, 0.1) is 0 Å². The number of nitrogens with zero attached hydrogens (tertiary/aromatic N) is 6. The van der Waals surface area contributed by atoms with Gasteiger partial charge < -0.3 is 4.52 Å². The number of hydrogen-bond donors (Lipinski definition) is 0. The Hall–Kier alpha value is -2.39. The standard InChI is InChI=1S/C14H9BrN6OS/c15-11-4-2-1-3-10(11)14-17-20-21(18-14)7-12-16-13(19-22-12)9-5-6-23-8-9/h1-6,8H,7H2. The lowest BCUT2D eigenvalue weighted by Crippen LogP contribution is -2.04. The van der Waals surface area contributed by atoms with Crippen molar-refractivity contribution in [2.45, 2.75) is 6.54 Å². The smallest absolute Gasteiger partial charge is 0.250 e. The highest BCUT2D eigenvalue weighted by molar-refractivity contribution is 9.10. The second kappa shape index (κ2) is 6.01. The Morgan fingerprint density at radius 1 is 1.17 bits per heavy atom. The summed E-state index contributed by atoms with van der Waals surface area (Å²) in [6, 6.07) is 9.65. The fraction of sp³-hybridized carbons (Fsp3) is 0.0714. The molecular weight excluding hydrogens is 380 g/mol. The third-order valence-electron chi connectivity index (χ3n) is 3.09. The van der Waals surface area contributed by atoms with Crippen LogP contribution in [0.4, 0.5) is 0 Å². The minimum Gasteiger partial charge on any atom is -0.337 e. The Balaban J connectivity index is 1.55. The fourth-order valence-corrected chi connectivity index (χ4v) is 3.11. The molecule has 0 aliphatic carbocycles. The van der Waals surface area contributed by atoms with Gasteiger partial charge >= 0.3 is 0 Å². The highest BCUT2D eigenvalue weighted by Gasteiger charge is 2.13. The molecule has 0 aliphatic rings. The zero-order valence-corrected chi connectivity index (χ0v) is 14.0. The van der Waals surface area contributed by atoms with E-state index in [9.17, 15) is 0 Å². The first kappa shape index (κ1) is 14.2. The van der Waals surface area contributed by atoms with Crippen LogP contribution in [0.3, 0.4) is 0 Å². The van der Waals surface area contributed by atoms with E-state index in [0.29, 0.717) is 17.5 Å². The lowest BCUT2D eigenvalue weighted by molar-refractivity contribution is 0.356. The molecule has 1 aromatic carbocycles. The average Bonchev–Trinajstić information content (AvgIpc) is 3.29. The number of hydrogen-bond acceptors (Lipinski definition) is 7. The summed E-state index contributed by atoms with van der Waals surface area (Å²) in [5.41, 5.74) is 1.81. The lowest BCUT2D eigenvalue weighted by Gasteiger charge is -1.96. The summed E-state index contributed by atoms with van der Waals surface area (Å²) in [6.07, 6.45) is 0. The largest absolute Gasteiger partial charge is 0.337 e. The molecule has 3 aromatic heterocycles. The van der Waals surface area contributed by atoms with Crippen LogP contribution in [0.2, 0.25) is 0 Å². The molecule has 4 aromatic rings. The molecule has 0 N–H and O–H groups in total. The molecule has 0 fully saturated rings. The van der Waals surface area contributed by atoms with Crippen LogP contribution < -0.4 is 0 Å². The highest BCUT2D eigenvalue weighted by Crippen LogP contribution is 2.24. The van der Waals surface area contributed by atoms with Crippen molar-refractivity contribution in [1.82, 2.24) is 30.3 Å². The van der Waals surface area contributed by atoms with Gasteiger partial charge in [0.1, 0.15) is 6.54 Å². The van der Waals surface area contributed by atoms with Gasteiger partial charge in [0.2, 0.25) is 11.6 Å². The van der Waals surface area contributed by atoms with Gasteiger partial charge in [-0.2, -0.15) is 21.1 Å². The Bertz CT molecular complexity index is 932. The molecule has 114 valence electrons. The SMILES string of the molecule is Brc1ccccc1-c1nnn(Cc2nc(-c3ccsc3)no2)n1. The molecule has 4 rings (SSSR count). The number of tetrazole rings is 1. The van der Waals surface area contributed by atoms with Crippen LogP contribution in [0.1, 0.15) is 5.89 Å². The van der Waals surface area contributed by atoms with Crippen LogP contribution >= 0.6 is 27.3 Å². The quantitative estimate of drug-likeness (QED) is 0.533. The summed E-state index contributed by atoms with van der Waals surface area (Å²) in [6.45, 7) is 0.272. The summed E-state index contributed by atoms with van der Waals surface area (Å²) < 4.78 is 6.15. The lowest BCUT2D eigenvalue weighted by atomic mass is 10.2. The van der Waals surface area contributed by atoms with E-state index in [2.05, 4.69) is 41.5 Å². The molecule has 0 spiro atoms. The van der Waals surface area contributed by atoms with Crippen molar-refractivity contribution >= 4 is 27.3 Å². The van der Waals surface area contributed by atoms with Crippen molar-refractivity contribution in [2.24, 2.45) is 0 Å².